The first-order chi connectivity index (χ1) is 14.8. The number of rotatable bonds is 7. The van der Waals surface area contributed by atoms with E-state index in [-0.39, 0.29) is 11.3 Å². The second-order valence-electron chi connectivity index (χ2n) is 7.92. The van der Waals surface area contributed by atoms with E-state index in [2.05, 4.69) is 0 Å². The molecule has 0 saturated carbocycles. The highest BCUT2D eigenvalue weighted by Crippen LogP contribution is 2.43. The first-order valence-electron chi connectivity index (χ1n) is 10.1. The molecule has 7 heteroatoms. The molecule has 0 aromatic heterocycles. The van der Waals surface area contributed by atoms with E-state index in [0.29, 0.717) is 35.7 Å². The van der Waals surface area contributed by atoms with Crippen LogP contribution in [0.4, 0.5) is 0 Å². The summed E-state index contributed by atoms with van der Waals surface area (Å²) >= 11 is 0. The predicted octanol–water partition coefficient (Wildman–Crippen LogP) is 1.58. The van der Waals surface area contributed by atoms with Gasteiger partial charge < -0.3 is 24.4 Å². The Morgan fingerprint density at radius 1 is 1.06 bits per heavy atom. The van der Waals surface area contributed by atoms with Crippen LogP contribution in [-0.4, -0.2) is 63.1 Å². The van der Waals surface area contributed by atoms with Crippen molar-refractivity contribution in [1.29, 1.82) is 0 Å². The van der Waals surface area contributed by atoms with Crippen molar-refractivity contribution < 1.29 is 29.1 Å². The van der Waals surface area contributed by atoms with Gasteiger partial charge in [-0.15, -0.1) is 0 Å². The number of carbonyl (C=O) groups is 2. The summed E-state index contributed by atoms with van der Waals surface area (Å²) in [5.74, 6) is -0.473. The quantitative estimate of drug-likeness (QED) is 0.400. The molecule has 31 heavy (non-hydrogen) atoms. The second-order valence-corrected chi connectivity index (χ2v) is 7.92. The van der Waals surface area contributed by atoms with Crippen LogP contribution >= 0.6 is 0 Å². The first-order valence-corrected chi connectivity index (χ1v) is 10.1. The molecular weight excluding hydrogens is 396 g/mol. The highest BCUT2D eigenvalue weighted by molar-refractivity contribution is 6.46. The number of benzene rings is 2. The third-order valence-electron chi connectivity index (χ3n) is 5.45. The molecule has 1 aliphatic rings. The van der Waals surface area contributed by atoms with Crippen LogP contribution in [0.25, 0.3) is 5.76 Å². The maximum Gasteiger partial charge on any atom is 0.295 e. The number of ether oxygens (including phenoxy) is 2. The van der Waals surface area contributed by atoms with Crippen LogP contribution in [-0.2, 0) is 9.59 Å². The van der Waals surface area contributed by atoms with E-state index in [1.54, 1.807) is 37.4 Å². The fraction of sp³-hybridized carbons (Fsp3) is 0.333. The van der Waals surface area contributed by atoms with E-state index in [0.717, 1.165) is 10.5 Å². The Kier molecular flexibility index (Phi) is 6.65. The van der Waals surface area contributed by atoms with Crippen LogP contribution in [0.15, 0.2) is 48.0 Å². The Morgan fingerprint density at radius 3 is 2.32 bits per heavy atom. The summed E-state index contributed by atoms with van der Waals surface area (Å²) < 4.78 is 10.9. The maximum atomic E-state index is 13.1. The molecule has 1 saturated heterocycles. The number of aliphatic hydroxyl groups excluding tert-OH is 1. The fourth-order valence-corrected chi connectivity index (χ4v) is 3.70. The van der Waals surface area contributed by atoms with Gasteiger partial charge in [0, 0.05) is 11.1 Å². The van der Waals surface area contributed by atoms with Gasteiger partial charge in [-0.05, 0) is 25.1 Å². The predicted molar refractivity (Wildman–Crippen MR) is 117 cm³/mol. The number of amides is 1. The average Bonchev–Trinajstić information content (AvgIpc) is 3.01. The lowest BCUT2D eigenvalue weighted by Crippen LogP contribution is -3.06. The number of carbonyl (C=O) groups excluding carboxylic acids is 2. The van der Waals surface area contributed by atoms with E-state index in [4.69, 9.17) is 9.47 Å². The first kappa shape index (κ1) is 22.4. The molecule has 2 aromatic carbocycles. The van der Waals surface area contributed by atoms with Crippen molar-refractivity contribution in [1.82, 2.24) is 4.90 Å². The van der Waals surface area contributed by atoms with Crippen molar-refractivity contribution in [3.63, 3.8) is 0 Å². The van der Waals surface area contributed by atoms with Crippen molar-refractivity contribution in [3.8, 4) is 11.5 Å². The number of ketones is 1. The summed E-state index contributed by atoms with van der Waals surface area (Å²) in [6.45, 7) is 2.93. The SMILES string of the molecule is COc1ccc(OC)c([C@H]2C(=C(O)c3ccc(C)cc3)C(=O)C(=O)N2CC[NH+](C)C)c1. The molecule has 0 bridgehead atoms. The van der Waals surface area contributed by atoms with Crippen molar-refractivity contribution in [2.75, 3.05) is 41.4 Å². The van der Waals surface area contributed by atoms with Gasteiger partial charge in [0.2, 0.25) is 0 Å². The number of hydrogen-bond acceptors (Lipinski definition) is 5. The highest BCUT2D eigenvalue weighted by atomic mass is 16.5. The molecular formula is C24H29N2O5+. The number of nitrogens with zero attached hydrogens (tertiary/aromatic N) is 1. The van der Waals surface area contributed by atoms with Gasteiger partial charge in [-0.2, -0.15) is 0 Å². The number of nitrogens with one attached hydrogen (secondary N) is 1. The van der Waals surface area contributed by atoms with E-state index >= 15 is 0 Å². The van der Waals surface area contributed by atoms with Gasteiger partial charge in [0.25, 0.3) is 11.7 Å². The summed E-state index contributed by atoms with van der Waals surface area (Å²) in [5.41, 5.74) is 2.14. The van der Waals surface area contributed by atoms with Gasteiger partial charge in [0.15, 0.2) is 0 Å². The molecule has 2 aromatic rings. The lowest BCUT2D eigenvalue weighted by atomic mass is 9.94. The van der Waals surface area contributed by atoms with Crippen LogP contribution in [0.2, 0.25) is 0 Å². The fourth-order valence-electron chi connectivity index (χ4n) is 3.70. The second kappa shape index (κ2) is 9.22. The lowest BCUT2D eigenvalue weighted by Gasteiger charge is -2.27. The van der Waals surface area contributed by atoms with E-state index < -0.39 is 17.7 Å². The molecule has 1 heterocycles. The monoisotopic (exact) mass is 425 g/mol. The smallest absolute Gasteiger partial charge is 0.295 e. The highest BCUT2D eigenvalue weighted by Gasteiger charge is 2.47. The van der Waals surface area contributed by atoms with E-state index in [1.165, 1.54) is 12.0 Å². The Hall–Kier alpha value is -3.32. The normalized spacial score (nSPS) is 18.0. The molecule has 164 valence electrons. The number of aliphatic hydroxyl groups is 1. The molecule has 0 aliphatic carbocycles. The zero-order chi connectivity index (χ0) is 22.7. The van der Waals surface area contributed by atoms with Crippen LogP contribution in [0.1, 0.15) is 22.7 Å². The minimum absolute atomic E-state index is 0.0502. The van der Waals surface area contributed by atoms with Crippen LogP contribution in [0, 0.1) is 6.92 Å². The topological polar surface area (TPSA) is 80.5 Å². The lowest BCUT2D eigenvalue weighted by molar-refractivity contribution is -0.857. The van der Waals surface area contributed by atoms with Crippen molar-refractivity contribution in [3.05, 3.63) is 64.7 Å². The molecule has 1 aliphatic heterocycles. The average molecular weight is 426 g/mol. The minimum atomic E-state index is -0.786. The Labute approximate surface area is 182 Å². The molecule has 7 nitrogen and oxygen atoms in total. The summed E-state index contributed by atoms with van der Waals surface area (Å²) in [4.78, 5) is 28.7. The maximum absolute atomic E-state index is 13.1. The Balaban J connectivity index is 2.23. The van der Waals surface area contributed by atoms with E-state index in [1.807, 2.05) is 33.2 Å². The number of Topliss-reactive ketones (excluding diaryl/α,β-unsaturated/α-hetero) is 1. The zero-order valence-corrected chi connectivity index (χ0v) is 18.6. The number of aryl methyl sites for hydroxylation is 1. The van der Waals surface area contributed by atoms with Gasteiger partial charge in [0.05, 0.1) is 53.0 Å². The molecule has 0 radical (unpaired) electrons. The minimum Gasteiger partial charge on any atom is -0.507 e. The standard InChI is InChI=1S/C24H28N2O5/c1-15-6-8-16(9-7-15)22(27)20-21(18-14-17(30-4)10-11-19(18)31-5)26(13-12-25(2)3)24(29)23(20)28/h6-11,14,21,27H,12-13H2,1-5H3/p+1/t21-/m0/s1. The van der Waals surface area contributed by atoms with Gasteiger partial charge in [0.1, 0.15) is 17.3 Å². The van der Waals surface area contributed by atoms with E-state index in [9.17, 15) is 14.7 Å². The number of likely N-dealkylation sites (N-methyl/N-ethyl adjacent to an activating group) is 1. The van der Waals surface area contributed by atoms with Gasteiger partial charge in [-0.3, -0.25) is 9.59 Å². The Morgan fingerprint density at radius 2 is 1.74 bits per heavy atom. The molecule has 2 N–H and O–H groups in total. The van der Waals surface area contributed by atoms with Crippen LogP contribution in [0.3, 0.4) is 0 Å². The molecule has 0 spiro atoms. The van der Waals surface area contributed by atoms with Crippen LogP contribution in [0.5, 0.6) is 11.5 Å². The van der Waals surface area contributed by atoms with Gasteiger partial charge in [-0.25, -0.2) is 0 Å². The van der Waals surface area contributed by atoms with Crippen molar-refractivity contribution in [2.45, 2.75) is 13.0 Å². The number of likely N-dealkylation sites (tertiary alicyclic amines) is 1. The molecule has 3 rings (SSSR count). The van der Waals surface area contributed by atoms with Crippen molar-refractivity contribution in [2.24, 2.45) is 0 Å². The Bertz CT molecular complexity index is 1010. The number of methoxy groups -OCH3 is 2. The number of quaternary nitrogens is 1. The molecule has 0 unspecified atom stereocenters. The summed E-state index contributed by atoms with van der Waals surface area (Å²) in [5, 5.41) is 11.1. The number of hydrogen-bond donors (Lipinski definition) is 2. The molecule has 1 amide bonds. The van der Waals surface area contributed by atoms with Gasteiger partial charge >= 0.3 is 0 Å². The summed E-state index contributed by atoms with van der Waals surface area (Å²) in [6, 6.07) is 11.6. The van der Waals surface area contributed by atoms with Crippen molar-refractivity contribution >= 4 is 17.4 Å². The van der Waals surface area contributed by atoms with Crippen LogP contribution < -0.4 is 14.4 Å². The zero-order valence-electron chi connectivity index (χ0n) is 18.6. The molecule has 1 fully saturated rings. The largest absolute Gasteiger partial charge is 0.507 e. The third-order valence-corrected chi connectivity index (χ3v) is 5.45. The molecule has 1 atom stereocenters. The van der Waals surface area contributed by atoms with Gasteiger partial charge in [-0.1, -0.05) is 29.8 Å². The summed E-state index contributed by atoms with van der Waals surface area (Å²) in [7, 11) is 7.03. The third kappa shape index (κ3) is 4.41. The summed E-state index contributed by atoms with van der Waals surface area (Å²) in [6.07, 6.45) is 0.